The SMILES string of the molecule is O=C(Oc1ccc(C2SCCS2)cc1)c1ccccc1C(=O)c1ccccc1. The average molecular weight is 407 g/mol. The molecule has 0 N–H and O–H groups in total. The zero-order valence-corrected chi connectivity index (χ0v) is 16.7. The number of benzene rings is 3. The molecule has 0 bridgehead atoms. The van der Waals surface area contributed by atoms with E-state index < -0.39 is 5.97 Å². The Labute approximate surface area is 172 Å². The minimum atomic E-state index is -0.530. The molecule has 3 aromatic carbocycles. The van der Waals surface area contributed by atoms with Gasteiger partial charge in [0.05, 0.1) is 10.1 Å². The van der Waals surface area contributed by atoms with Crippen LogP contribution in [-0.4, -0.2) is 23.3 Å². The van der Waals surface area contributed by atoms with Crippen molar-refractivity contribution >= 4 is 35.3 Å². The first kappa shape index (κ1) is 18.8. The van der Waals surface area contributed by atoms with Crippen molar-refractivity contribution in [3.63, 3.8) is 0 Å². The molecule has 3 aromatic rings. The standard InChI is InChI=1S/C23H18O3S2/c24-21(16-6-2-1-3-7-16)19-8-4-5-9-20(19)22(25)26-18-12-10-17(11-13-18)23-27-14-15-28-23/h1-13,23H,14-15H2. The average Bonchev–Trinajstić information content (AvgIpc) is 3.29. The third kappa shape index (κ3) is 4.16. The molecule has 5 heteroatoms. The molecule has 28 heavy (non-hydrogen) atoms. The topological polar surface area (TPSA) is 43.4 Å². The Morgan fingerprint density at radius 1 is 0.750 bits per heavy atom. The number of carbonyl (C=O) groups excluding carboxylic acids is 2. The quantitative estimate of drug-likeness (QED) is 0.313. The summed E-state index contributed by atoms with van der Waals surface area (Å²) in [4.78, 5) is 25.5. The lowest BCUT2D eigenvalue weighted by atomic mass is 9.98. The summed E-state index contributed by atoms with van der Waals surface area (Å²) < 4.78 is 5.99. The van der Waals surface area contributed by atoms with Crippen molar-refractivity contribution in [1.82, 2.24) is 0 Å². The lowest BCUT2D eigenvalue weighted by Crippen LogP contribution is -2.14. The van der Waals surface area contributed by atoms with Gasteiger partial charge in [-0.05, 0) is 23.8 Å². The van der Waals surface area contributed by atoms with Crippen LogP contribution < -0.4 is 4.74 Å². The summed E-state index contributed by atoms with van der Waals surface area (Å²) in [5, 5.41) is 0. The van der Waals surface area contributed by atoms with E-state index in [0.29, 0.717) is 21.5 Å². The number of esters is 1. The van der Waals surface area contributed by atoms with Crippen molar-refractivity contribution in [2.75, 3.05) is 11.5 Å². The van der Waals surface area contributed by atoms with Crippen molar-refractivity contribution in [2.45, 2.75) is 4.58 Å². The van der Waals surface area contributed by atoms with Crippen molar-refractivity contribution < 1.29 is 14.3 Å². The van der Waals surface area contributed by atoms with E-state index in [1.807, 2.05) is 53.9 Å². The van der Waals surface area contributed by atoms with Crippen LogP contribution >= 0.6 is 23.5 Å². The molecule has 0 amide bonds. The molecule has 1 aliphatic rings. The molecule has 0 atom stereocenters. The Kier molecular flexibility index (Phi) is 5.84. The molecule has 140 valence electrons. The highest BCUT2D eigenvalue weighted by atomic mass is 32.2. The second-order valence-electron chi connectivity index (χ2n) is 6.27. The summed E-state index contributed by atoms with van der Waals surface area (Å²) in [7, 11) is 0. The van der Waals surface area contributed by atoms with Crippen LogP contribution in [0.5, 0.6) is 5.75 Å². The fourth-order valence-corrected chi connectivity index (χ4v) is 5.87. The Morgan fingerprint density at radius 2 is 1.36 bits per heavy atom. The van der Waals surface area contributed by atoms with Gasteiger partial charge in [0.15, 0.2) is 5.78 Å². The lowest BCUT2D eigenvalue weighted by molar-refractivity contribution is 0.0730. The Morgan fingerprint density at radius 3 is 2.04 bits per heavy atom. The highest BCUT2D eigenvalue weighted by Crippen LogP contribution is 2.45. The van der Waals surface area contributed by atoms with Crippen LogP contribution in [0, 0.1) is 0 Å². The van der Waals surface area contributed by atoms with Gasteiger partial charge >= 0.3 is 5.97 Å². The summed E-state index contributed by atoms with van der Waals surface area (Å²) in [6, 6.07) is 23.3. The van der Waals surface area contributed by atoms with E-state index in [4.69, 9.17) is 4.74 Å². The molecule has 1 saturated heterocycles. The van der Waals surface area contributed by atoms with Gasteiger partial charge in [-0.15, -0.1) is 23.5 Å². The van der Waals surface area contributed by atoms with E-state index in [1.165, 1.54) is 5.56 Å². The normalized spacial score (nSPS) is 14.0. The lowest BCUT2D eigenvalue weighted by Gasteiger charge is -2.11. The maximum absolute atomic E-state index is 12.8. The number of rotatable bonds is 5. The maximum Gasteiger partial charge on any atom is 0.344 e. The number of carbonyl (C=O) groups is 2. The zero-order valence-electron chi connectivity index (χ0n) is 15.0. The first-order valence-corrected chi connectivity index (χ1v) is 11.1. The third-order valence-corrected chi connectivity index (χ3v) is 7.52. The van der Waals surface area contributed by atoms with Gasteiger partial charge in [-0.3, -0.25) is 4.79 Å². The van der Waals surface area contributed by atoms with Gasteiger partial charge in [0, 0.05) is 22.6 Å². The number of hydrogen-bond acceptors (Lipinski definition) is 5. The summed E-state index contributed by atoms with van der Waals surface area (Å²) in [5.41, 5.74) is 2.38. The zero-order chi connectivity index (χ0) is 19.3. The van der Waals surface area contributed by atoms with Crippen molar-refractivity contribution in [3.05, 3.63) is 101 Å². The van der Waals surface area contributed by atoms with Crippen LogP contribution in [0.15, 0.2) is 78.9 Å². The highest BCUT2D eigenvalue weighted by molar-refractivity contribution is 8.19. The van der Waals surface area contributed by atoms with Crippen LogP contribution in [0.4, 0.5) is 0 Å². The Hall–Kier alpha value is -2.50. The van der Waals surface area contributed by atoms with E-state index >= 15 is 0 Å². The summed E-state index contributed by atoms with van der Waals surface area (Å²) in [6.45, 7) is 0. The molecular formula is C23H18O3S2. The number of hydrogen-bond donors (Lipinski definition) is 0. The van der Waals surface area contributed by atoms with Crippen molar-refractivity contribution in [1.29, 1.82) is 0 Å². The molecule has 0 aliphatic carbocycles. The van der Waals surface area contributed by atoms with E-state index in [0.717, 1.165) is 11.5 Å². The molecule has 0 saturated carbocycles. The minimum absolute atomic E-state index is 0.196. The first-order valence-electron chi connectivity index (χ1n) is 8.96. The molecule has 0 spiro atoms. The minimum Gasteiger partial charge on any atom is -0.423 e. The molecule has 0 aromatic heterocycles. The number of ketones is 1. The molecule has 4 rings (SSSR count). The van der Waals surface area contributed by atoms with Gasteiger partial charge in [-0.1, -0.05) is 60.7 Å². The van der Waals surface area contributed by atoms with Gasteiger partial charge in [-0.25, -0.2) is 4.79 Å². The summed E-state index contributed by atoms with van der Waals surface area (Å²) in [6.07, 6.45) is 0. The largest absolute Gasteiger partial charge is 0.423 e. The molecule has 1 fully saturated rings. The second kappa shape index (κ2) is 8.67. The van der Waals surface area contributed by atoms with Crippen molar-refractivity contribution in [3.8, 4) is 5.75 Å². The predicted octanol–water partition coefficient (Wildman–Crippen LogP) is 5.62. The highest BCUT2D eigenvalue weighted by Gasteiger charge is 2.21. The van der Waals surface area contributed by atoms with Crippen LogP contribution in [-0.2, 0) is 0 Å². The van der Waals surface area contributed by atoms with Crippen molar-refractivity contribution in [2.24, 2.45) is 0 Å². The van der Waals surface area contributed by atoms with Gasteiger partial charge in [0.2, 0.25) is 0 Å². The van der Waals surface area contributed by atoms with Crippen LogP contribution in [0.1, 0.15) is 36.4 Å². The van der Waals surface area contributed by atoms with Gasteiger partial charge in [-0.2, -0.15) is 0 Å². The van der Waals surface area contributed by atoms with Gasteiger partial charge in [0.1, 0.15) is 5.75 Å². The molecule has 1 aliphatic heterocycles. The molecule has 3 nitrogen and oxygen atoms in total. The smallest absolute Gasteiger partial charge is 0.344 e. The van der Waals surface area contributed by atoms with Crippen LogP contribution in [0.3, 0.4) is 0 Å². The predicted molar refractivity (Wildman–Crippen MR) is 115 cm³/mol. The van der Waals surface area contributed by atoms with E-state index in [9.17, 15) is 9.59 Å². The van der Waals surface area contributed by atoms with E-state index in [2.05, 4.69) is 0 Å². The number of thioether (sulfide) groups is 2. The number of ether oxygens (including phenoxy) is 1. The van der Waals surface area contributed by atoms with E-state index in [-0.39, 0.29) is 11.3 Å². The summed E-state index contributed by atoms with van der Waals surface area (Å²) >= 11 is 3.87. The second-order valence-corrected chi connectivity index (χ2v) is 9.00. The third-order valence-electron chi connectivity index (χ3n) is 4.41. The molecule has 1 heterocycles. The Balaban J connectivity index is 1.53. The fraction of sp³-hybridized carbons (Fsp3) is 0.130. The van der Waals surface area contributed by atoms with Gasteiger partial charge < -0.3 is 4.74 Å². The maximum atomic E-state index is 12.8. The van der Waals surface area contributed by atoms with Gasteiger partial charge in [0.25, 0.3) is 0 Å². The first-order chi connectivity index (χ1) is 13.7. The molecule has 0 radical (unpaired) electrons. The van der Waals surface area contributed by atoms with Crippen LogP contribution in [0.25, 0.3) is 0 Å². The Bertz CT molecular complexity index is 978. The monoisotopic (exact) mass is 406 g/mol. The van der Waals surface area contributed by atoms with Crippen LogP contribution in [0.2, 0.25) is 0 Å². The molecular weight excluding hydrogens is 388 g/mol. The fourth-order valence-electron chi connectivity index (χ4n) is 3.01. The summed E-state index contributed by atoms with van der Waals surface area (Å²) in [5.74, 6) is 2.08. The van der Waals surface area contributed by atoms with E-state index in [1.54, 1.807) is 48.5 Å². The molecule has 0 unspecified atom stereocenters.